The number of nitrogens with one attached hydrogen (secondary N) is 2. The summed E-state index contributed by atoms with van der Waals surface area (Å²) in [6.45, 7) is 0.498. The van der Waals surface area contributed by atoms with Crippen molar-refractivity contribution in [3.8, 4) is 0 Å². The number of fused-ring (bicyclic) bond motifs is 1. The summed E-state index contributed by atoms with van der Waals surface area (Å²) < 4.78 is 0. The number of para-hydroxylation sites is 1. The number of anilines is 2. The fourth-order valence-electron chi connectivity index (χ4n) is 2.29. The summed E-state index contributed by atoms with van der Waals surface area (Å²) in [4.78, 5) is 8.59. The van der Waals surface area contributed by atoms with Crippen molar-refractivity contribution in [2.75, 3.05) is 17.3 Å². The van der Waals surface area contributed by atoms with E-state index in [1.807, 2.05) is 24.3 Å². The maximum Gasteiger partial charge on any atom is 0.239 e. The van der Waals surface area contributed by atoms with Crippen molar-refractivity contribution in [2.24, 2.45) is 5.84 Å². The number of nitrogen functional groups attached to an aromatic ring is 1. The molecule has 0 aliphatic heterocycles. The Bertz CT molecular complexity index is 597. The Hall–Kier alpha value is -1.92. The fraction of sp³-hybridized carbons (Fsp3) is 0.385. The number of benzene rings is 1. The molecule has 0 radical (unpaired) electrons. The van der Waals surface area contributed by atoms with Crippen LogP contribution in [0.3, 0.4) is 0 Å². The van der Waals surface area contributed by atoms with E-state index in [-0.39, 0.29) is 0 Å². The van der Waals surface area contributed by atoms with Crippen LogP contribution in [0.15, 0.2) is 24.3 Å². The topological polar surface area (TPSA) is 96.1 Å². The van der Waals surface area contributed by atoms with Crippen molar-refractivity contribution in [1.29, 1.82) is 0 Å². The summed E-state index contributed by atoms with van der Waals surface area (Å²) in [6.07, 6.45) is 2.76. The lowest BCUT2D eigenvalue weighted by atomic mass is 9.80. The molecule has 0 saturated heterocycles. The van der Waals surface area contributed by atoms with Crippen LogP contribution >= 0.6 is 0 Å². The molecule has 0 amide bonds. The first-order valence-corrected chi connectivity index (χ1v) is 6.40. The van der Waals surface area contributed by atoms with Gasteiger partial charge in [0.25, 0.3) is 0 Å². The average molecular weight is 259 g/mol. The third-order valence-electron chi connectivity index (χ3n) is 3.60. The minimum Gasteiger partial charge on any atom is -0.388 e. The molecule has 1 heterocycles. The molecule has 1 fully saturated rings. The molecule has 100 valence electrons. The van der Waals surface area contributed by atoms with Crippen molar-refractivity contribution >= 4 is 22.7 Å². The molecule has 2 aromatic rings. The Kier molecular flexibility index (Phi) is 2.96. The summed E-state index contributed by atoms with van der Waals surface area (Å²) in [7, 11) is 0. The zero-order valence-electron chi connectivity index (χ0n) is 10.6. The van der Waals surface area contributed by atoms with Crippen LogP contribution in [0.25, 0.3) is 10.9 Å². The normalized spacial score (nSPS) is 16.9. The third-order valence-corrected chi connectivity index (χ3v) is 3.60. The van der Waals surface area contributed by atoms with Crippen molar-refractivity contribution in [2.45, 2.75) is 24.9 Å². The first kappa shape index (κ1) is 12.1. The molecular formula is C13H17N5O. The predicted molar refractivity (Wildman–Crippen MR) is 74.6 cm³/mol. The molecule has 6 heteroatoms. The molecule has 6 nitrogen and oxygen atoms in total. The van der Waals surface area contributed by atoms with Crippen LogP contribution in [0.4, 0.5) is 11.8 Å². The zero-order chi connectivity index (χ0) is 13.3. The van der Waals surface area contributed by atoms with Gasteiger partial charge < -0.3 is 10.4 Å². The molecule has 19 heavy (non-hydrogen) atoms. The van der Waals surface area contributed by atoms with Gasteiger partial charge in [0.05, 0.1) is 11.1 Å². The Labute approximate surface area is 111 Å². The van der Waals surface area contributed by atoms with Gasteiger partial charge in [0, 0.05) is 11.9 Å². The highest BCUT2D eigenvalue weighted by Gasteiger charge is 2.34. The van der Waals surface area contributed by atoms with Crippen LogP contribution in [0.2, 0.25) is 0 Å². The lowest BCUT2D eigenvalue weighted by Crippen LogP contribution is -2.43. The van der Waals surface area contributed by atoms with E-state index >= 15 is 0 Å². The number of hydrogen-bond donors (Lipinski definition) is 4. The van der Waals surface area contributed by atoms with E-state index in [1.165, 1.54) is 0 Å². The number of hydrazine groups is 1. The first-order valence-electron chi connectivity index (χ1n) is 6.40. The van der Waals surface area contributed by atoms with E-state index in [9.17, 15) is 5.11 Å². The molecule has 1 aliphatic carbocycles. The number of aliphatic hydroxyl groups is 1. The molecular weight excluding hydrogens is 242 g/mol. The molecule has 0 spiro atoms. The third kappa shape index (κ3) is 2.32. The van der Waals surface area contributed by atoms with Gasteiger partial charge in [0.1, 0.15) is 5.82 Å². The minimum absolute atomic E-state index is 0.363. The smallest absolute Gasteiger partial charge is 0.239 e. The average Bonchev–Trinajstić information content (AvgIpc) is 2.42. The highest BCUT2D eigenvalue weighted by atomic mass is 16.3. The molecule has 5 N–H and O–H groups in total. The number of nitrogens with two attached hydrogens (primary N) is 1. The van der Waals surface area contributed by atoms with Crippen LogP contribution in [0, 0.1) is 0 Å². The van der Waals surface area contributed by atoms with Gasteiger partial charge in [-0.2, -0.15) is 4.98 Å². The molecule has 0 bridgehead atoms. The summed E-state index contributed by atoms with van der Waals surface area (Å²) in [5, 5.41) is 14.3. The van der Waals surface area contributed by atoms with Crippen LogP contribution in [0.1, 0.15) is 19.3 Å². The summed E-state index contributed by atoms with van der Waals surface area (Å²) >= 11 is 0. The number of hydrogen-bond acceptors (Lipinski definition) is 6. The van der Waals surface area contributed by atoms with E-state index < -0.39 is 5.60 Å². The van der Waals surface area contributed by atoms with E-state index in [0.717, 1.165) is 30.2 Å². The van der Waals surface area contributed by atoms with Crippen LogP contribution in [0.5, 0.6) is 0 Å². The summed E-state index contributed by atoms with van der Waals surface area (Å²) in [5.41, 5.74) is 2.68. The Morgan fingerprint density at radius 3 is 2.74 bits per heavy atom. The van der Waals surface area contributed by atoms with Gasteiger partial charge in [-0.15, -0.1) is 0 Å². The lowest BCUT2D eigenvalue weighted by Gasteiger charge is -2.36. The molecule has 1 saturated carbocycles. The predicted octanol–water partition coefficient (Wildman–Crippen LogP) is 1.24. The second-order valence-corrected chi connectivity index (χ2v) is 4.99. The SMILES string of the molecule is NNc1nc(NCC2(O)CCC2)c2ccccc2n1. The lowest BCUT2D eigenvalue weighted by molar-refractivity contribution is -0.0202. The summed E-state index contributed by atoms with van der Waals surface area (Å²) in [6, 6.07) is 7.70. The second-order valence-electron chi connectivity index (χ2n) is 4.99. The van der Waals surface area contributed by atoms with Gasteiger partial charge in [0.15, 0.2) is 0 Å². The molecule has 1 aromatic heterocycles. The number of aromatic nitrogens is 2. The standard InChI is InChI=1S/C13H17N5O/c14-18-12-16-10-5-2-1-4-9(10)11(17-12)15-8-13(19)6-3-7-13/h1-2,4-5,19H,3,6-8,14H2,(H2,15,16,17,18). The number of rotatable bonds is 4. The van der Waals surface area contributed by atoms with Gasteiger partial charge >= 0.3 is 0 Å². The Balaban J connectivity index is 1.92. The van der Waals surface area contributed by atoms with Crippen LogP contribution in [-0.2, 0) is 0 Å². The maximum atomic E-state index is 10.1. The van der Waals surface area contributed by atoms with Gasteiger partial charge in [0.2, 0.25) is 5.95 Å². The quantitative estimate of drug-likeness (QED) is 0.487. The minimum atomic E-state index is -0.595. The Morgan fingerprint density at radius 1 is 1.26 bits per heavy atom. The zero-order valence-corrected chi connectivity index (χ0v) is 10.6. The van der Waals surface area contributed by atoms with E-state index in [1.54, 1.807) is 0 Å². The van der Waals surface area contributed by atoms with Gasteiger partial charge in [-0.1, -0.05) is 12.1 Å². The number of nitrogens with zero attached hydrogens (tertiary/aromatic N) is 2. The highest BCUT2D eigenvalue weighted by Crippen LogP contribution is 2.32. The fourth-order valence-corrected chi connectivity index (χ4v) is 2.29. The van der Waals surface area contributed by atoms with E-state index in [2.05, 4.69) is 20.7 Å². The van der Waals surface area contributed by atoms with Crippen molar-refractivity contribution < 1.29 is 5.11 Å². The Morgan fingerprint density at radius 2 is 2.05 bits per heavy atom. The second kappa shape index (κ2) is 4.64. The van der Waals surface area contributed by atoms with Crippen LogP contribution in [-0.4, -0.2) is 27.2 Å². The molecule has 1 aliphatic rings. The highest BCUT2D eigenvalue weighted by molar-refractivity contribution is 5.90. The first-order chi connectivity index (χ1) is 9.20. The summed E-state index contributed by atoms with van der Waals surface area (Å²) in [5.74, 6) is 6.43. The molecule has 3 rings (SSSR count). The molecule has 0 atom stereocenters. The van der Waals surface area contributed by atoms with Crippen LogP contribution < -0.4 is 16.6 Å². The molecule has 1 aromatic carbocycles. The monoisotopic (exact) mass is 259 g/mol. The largest absolute Gasteiger partial charge is 0.388 e. The van der Waals surface area contributed by atoms with E-state index in [4.69, 9.17) is 5.84 Å². The van der Waals surface area contributed by atoms with Gasteiger partial charge in [-0.05, 0) is 31.4 Å². The van der Waals surface area contributed by atoms with Gasteiger partial charge in [-0.3, -0.25) is 5.43 Å². The van der Waals surface area contributed by atoms with Gasteiger partial charge in [-0.25, -0.2) is 10.8 Å². The van der Waals surface area contributed by atoms with E-state index in [0.29, 0.717) is 18.3 Å². The molecule has 0 unspecified atom stereocenters. The van der Waals surface area contributed by atoms with Crippen molar-refractivity contribution in [3.05, 3.63) is 24.3 Å². The van der Waals surface area contributed by atoms with Crippen molar-refractivity contribution in [1.82, 2.24) is 9.97 Å². The maximum absolute atomic E-state index is 10.1. The van der Waals surface area contributed by atoms with Crippen molar-refractivity contribution in [3.63, 3.8) is 0 Å².